The Balaban J connectivity index is 1.61. The number of piperazine rings is 1. The second kappa shape index (κ2) is 6.92. The molecule has 142 valence electrons. The summed E-state index contributed by atoms with van der Waals surface area (Å²) in [5.74, 6) is -0.649. The predicted molar refractivity (Wildman–Crippen MR) is 105 cm³/mol. The van der Waals surface area contributed by atoms with Gasteiger partial charge in [0.1, 0.15) is 17.8 Å². The van der Waals surface area contributed by atoms with Crippen LogP contribution in [0.1, 0.15) is 22.8 Å². The first-order valence-electron chi connectivity index (χ1n) is 9.10. The number of carbonyl (C=O) groups excluding carboxylic acids is 2. The van der Waals surface area contributed by atoms with Crippen LogP contribution in [0.5, 0.6) is 0 Å². The molecule has 7 nitrogen and oxygen atoms in total. The van der Waals surface area contributed by atoms with E-state index in [1.165, 1.54) is 15.5 Å². The van der Waals surface area contributed by atoms with Gasteiger partial charge in [-0.15, -0.1) is 0 Å². The first-order chi connectivity index (χ1) is 13.5. The van der Waals surface area contributed by atoms with E-state index in [1.807, 2.05) is 38.1 Å². The van der Waals surface area contributed by atoms with Crippen molar-refractivity contribution in [1.29, 1.82) is 0 Å². The summed E-state index contributed by atoms with van der Waals surface area (Å²) < 4.78 is 1.34. The highest BCUT2D eigenvalue weighted by Crippen LogP contribution is 2.21. The number of amides is 2. The number of anilines is 1. The lowest BCUT2D eigenvalue weighted by Crippen LogP contribution is -2.57. The fourth-order valence-corrected chi connectivity index (χ4v) is 3.43. The third kappa shape index (κ3) is 3.05. The van der Waals surface area contributed by atoms with Crippen LogP contribution in [0.2, 0.25) is 0 Å². The number of hydrogen-bond acceptors (Lipinski definition) is 4. The Hall–Kier alpha value is -3.48. The van der Waals surface area contributed by atoms with E-state index in [0.717, 1.165) is 11.3 Å². The maximum Gasteiger partial charge on any atom is 0.270 e. The Kier molecular flexibility index (Phi) is 4.43. The molecule has 0 bridgehead atoms. The third-order valence-electron chi connectivity index (χ3n) is 5.04. The molecule has 0 saturated carbocycles. The standard InChI is InChI=1S/C21H20N4O3/c1-14-6-8-16(9-7-14)25-12-15(2)24(13-19(25)26)21(28)17-11-22-18-5-3-4-10-23(18)20(17)27/h3-11,15H,12-13H2,1-2H3/t15-/m0/s1. The summed E-state index contributed by atoms with van der Waals surface area (Å²) in [6, 6.07) is 12.6. The highest BCUT2D eigenvalue weighted by molar-refractivity contribution is 6.01. The average Bonchev–Trinajstić information content (AvgIpc) is 2.70. The minimum atomic E-state index is -0.472. The van der Waals surface area contributed by atoms with Crippen molar-refractivity contribution in [3.63, 3.8) is 0 Å². The van der Waals surface area contributed by atoms with Gasteiger partial charge in [0, 0.05) is 30.7 Å². The number of rotatable bonds is 2. The quantitative estimate of drug-likeness (QED) is 0.684. The van der Waals surface area contributed by atoms with Crippen LogP contribution in [0, 0.1) is 6.92 Å². The summed E-state index contributed by atoms with van der Waals surface area (Å²) in [7, 11) is 0. The lowest BCUT2D eigenvalue weighted by Gasteiger charge is -2.39. The SMILES string of the molecule is Cc1ccc(N2C[C@H](C)N(C(=O)c3cnc4ccccn4c3=O)CC2=O)cc1. The van der Waals surface area contributed by atoms with Gasteiger partial charge in [0.05, 0.1) is 0 Å². The van der Waals surface area contributed by atoms with Crippen molar-refractivity contribution >= 4 is 23.1 Å². The van der Waals surface area contributed by atoms with Crippen LogP contribution in [0.4, 0.5) is 5.69 Å². The van der Waals surface area contributed by atoms with Crippen LogP contribution >= 0.6 is 0 Å². The van der Waals surface area contributed by atoms with Gasteiger partial charge in [-0.3, -0.25) is 18.8 Å². The topological polar surface area (TPSA) is 75.0 Å². The first kappa shape index (κ1) is 17.9. The first-order valence-corrected chi connectivity index (χ1v) is 9.10. The molecule has 1 saturated heterocycles. The maximum atomic E-state index is 13.0. The molecular formula is C21H20N4O3. The van der Waals surface area contributed by atoms with Gasteiger partial charge >= 0.3 is 0 Å². The number of pyridine rings is 1. The number of carbonyl (C=O) groups is 2. The zero-order valence-electron chi connectivity index (χ0n) is 15.7. The molecular weight excluding hydrogens is 356 g/mol. The smallest absolute Gasteiger partial charge is 0.270 e. The molecule has 7 heteroatoms. The number of nitrogens with zero attached hydrogens (tertiary/aromatic N) is 4. The Bertz CT molecular complexity index is 1120. The van der Waals surface area contributed by atoms with Gasteiger partial charge in [0.25, 0.3) is 11.5 Å². The monoisotopic (exact) mass is 376 g/mol. The van der Waals surface area contributed by atoms with E-state index in [9.17, 15) is 14.4 Å². The number of aromatic nitrogens is 2. The Morgan fingerprint density at radius 1 is 1.11 bits per heavy atom. The summed E-state index contributed by atoms with van der Waals surface area (Å²) in [5.41, 5.74) is 1.92. The van der Waals surface area contributed by atoms with Crippen LogP contribution in [0.3, 0.4) is 0 Å². The molecule has 0 unspecified atom stereocenters. The lowest BCUT2D eigenvalue weighted by atomic mass is 10.1. The highest BCUT2D eigenvalue weighted by atomic mass is 16.2. The second-order valence-corrected chi connectivity index (χ2v) is 7.03. The van der Waals surface area contributed by atoms with Gasteiger partial charge in [-0.2, -0.15) is 0 Å². The summed E-state index contributed by atoms with van der Waals surface area (Å²) in [5, 5.41) is 0. The van der Waals surface area contributed by atoms with Crippen LogP contribution in [-0.2, 0) is 4.79 Å². The molecule has 0 radical (unpaired) electrons. The third-order valence-corrected chi connectivity index (χ3v) is 5.04. The number of benzene rings is 1. The molecule has 0 N–H and O–H groups in total. The summed E-state index contributed by atoms with van der Waals surface area (Å²) in [6.07, 6.45) is 2.87. The zero-order valence-corrected chi connectivity index (χ0v) is 15.7. The highest BCUT2D eigenvalue weighted by Gasteiger charge is 2.34. The Morgan fingerprint density at radius 3 is 2.61 bits per heavy atom. The van der Waals surface area contributed by atoms with Crippen LogP contribution in [0.25, 0.3) is 5.65 Å². The Morgan fingerprint density at radius 2 is 1.86 bits per heavy atom. The molecule has 4 rings (SSSR count). The summed E-state index contributed by atoms with van der Waals surface area (Å²) >= 11 is 0. The molecule has 0 spiro atoms. The van der Waals surface area contributed by atoms with Crippen molar-refractivity contribution in [2.45, 2.75) is 19.9 Å². The molecule has 2 amide bonds. The van der Waals surface area contributed by atoms with Crippen LogP contribution < -0.4 is 10.5 Å². The molecule has 1 aromatic carbocycles. The molecule has 1 fully saturated rings. The molecule has 3 aromatic rings. The zero-order chi connectivity index (χ0) is 19.8. The molecule has 1 aliphatic rings. The van der Waals surface area contributed by atoms with Crippen molar-refractivity contribution in [1.82, 2.24) is 14.3 Å². The molecule has 2 aromatic heterocycles. The summed E-state index contributed by atoms with van der Waals surface area (Å²) in [4.78, 5) is 45.7. The fourth-order valence-electron chi connectivity index (χ4n) is 3.43. The van der Waals surface area contributed by atoms with Crippen molar-refractivity contribution in [3.05, 3.63) is 76.3 Å². The number of hydrogen-bond donors (Lipinski definition) is 0. The van der Waals surface area contributed by atoms with E-state index in [2.05, 4.69) is 4.98 Å². The molecule has 0 aliphatic carbocycles. The largest absolute Gasteiger partial charge is 0.325 e. The van der Waals surface area contributed by atoms with Crippen molar-refractivity contribution in [2.24, 2.45) is 0 Å². The molecule has 3 heterocycles. The van der Waals surface area contributed by atoms with Crippen LogP contribution in [-0.4, -0.2) is 45.2 Å². The van der Waals surface area contributed by atoms with Gasteiger partial charge in [-0.1, -0.05) is 23.8 Å². The number of fused-ring (bicyclic) bond motifs is 1. The molecule has 1 aliphatic heterocycles. The molecule has 1 atom stereocenters. The fraction of sp³-hybridized carbons (Fsp3) is 0.238. The van der Waals surface area contributed by atoms with E-state index in [0.29, 0.717) is 12.2 Å². The van der Waals surface area contributed by atoms with E-state index in [-0.39, 0.29) is 24.1 Å². The van der Waals surface area contributed by atoms with Gasteiger partial charge < -0.3 is 9.80 Å². The van der Waals surface area contributed by atoms with Gasteiger partial charge in [0.2, 0.25) is 5.91 Å². The van der Waals surface area contributed by atoms with Crippen LogP contribution in [0.15, 0.2) is 59.7 Å². The molecule has 28 heavy (non-hydrogen) atoms. The van der Waals surface area contributed by atoms with Crippen molar-refractivity contribution in [2.75, 3.05) is 18.0 Å². The Labute approximate surface area is 161 Å². The van der Waals surface area contributed by atoms with Crippen molar-refractivity contribution < 1.29 is 9.59 Å². The minimum Gasteiger partial charge on any atom is -0.325 e. The van der Waals surface area contributed by atoms with Gasteiger partial charge in [-0.25, -0.2) is 4.98 Å². The maximum absolute atomic E-state index is 13.0. The summed E-state index contributed by atoms with van der Waals surface area (Å²) in [6.45, 7) is 4.15. The normalized spacial score (nSPS) is 17.2. The van der Waals surface area contributed by atoms with E-state index < -0.39 is 11.5 Å². The van der Waals surface area contributed by atoms with Gasteiger partial charge in [0.15, 0.2) is 0 Å². The van der Waals surface area contributed by atoms with E-state index >= 15 is 0 Å². The lowest BCUT2D eigenvalue weighted by molar-refractivity contribution is -0.121. The van der Waals surface area contributed by atoms with Gasteiger partial charge in [-0.05, 0) is 38.1 Å². The predicted octanol–water partition coefficient (Wildman–Crippen LogP) is 1.88. The second-order valence-electron chi connectivity index (χ2n) is 7.03. The average molecular weight is 376 g/mol. The van der Waals surface area contributed by atoms with E-state index in [4.69, 9.17) is 0 Å². The van der Waals surface area contributed by atoms with Crippen molar-refractivity contribution in [3.8, 4) is 0 Å². The number of aryl methyl sites for hydroxylation is 1. The van der Waals surface area contributed by atoms with E-state index in [1.54, 1.807) is 29.3 Å². The minimum absolute atomic E-state index is 0.0351.